The van der Waals surface area contributed by atoms with Crippen LogP contribution in [0, 0.1) is 0 Å². The normalized spacial score (nSPS) is 18.5. The Morgan fingerprint density at radius 2 is 1.68 bits per heavy atom. The number of amides is 1. The molecule has 1 atom stereocenters. The number of fused-ring (bicyclic) bond motifs is 2. The molecule has 0 aliphatic carbocycles. The van der Waals surface area contributed by atoms with Gasteiger partial charge in [-0.2, -0.15) is 0 Å². The fourth-order valence-electron chi connectivity index (χ4n) is 6.15. The van der Waals surface area contributed by atoms with E-state index in [1.54, 1.807) is 0 Å². The Hall–Kier alpha value is -4.10. The molecule has 4 heterocycles. The molecule has 0 N–H and O–H groups in total. The Bertz CT molecular complexity index is 1530. The van der Waals surface area contributed by atoms with E-state index in [9.17, 15) is 4.79 Å². The lowest BCUT2D eigenvalue weighted by molar-refractivity contribution is 0.0710. The molecule has 7 nitrogen and oxygen atoms in total. The number of hydrogen-bond acceptors (Lipinski definition) is 6. The first kappa shape index (κ1) is 24.9. The molecule has 7 rings (SSSR count). The van der Waals surface area contributed by atoms with Gasteiger partial charge in [-0.05, 0) is 79.7 Å². The first-order valence-electron chi connectivity index (χ1n) is 14.3. The van der Waals surface area contributed by atoms with Gasteiger partial charge in [0, 0.05) is 30.6 Å². The summed E-state index contributed by atoms with van der Waals surface area (Å²) >= 11 is 0. The molecule has 0 radical (unpaired) electrons. The fraction of sp³-hybridized carbons (Fsp3) is 0.333. The Balaban J connectivity index is 1.25. The molecule has 1 amide bonds. The topological polar surface area (TPSA) is 64.1 Å². The molecule has 3 aliphatic rings. The standard InChI is InChI=1S/C33H33N3O4/c37-33(36-16-6-9-26(36)20-35-14-4-5-15-35)28-19-32(38-21-23-7-2-1-3-8-23)34-29-12-10-24(17-27(28)29)25-11-13-30-31(18-25)40-22-39-30/h1-3,7-8,10-13,17-19,26H,4-6,9,14-16,20-22H2/t26-/m0/s1. The zero-order valence-electron chi connectivity index (χ0n) is 22.6. The van der Waals surface area contributed by atoms with Gasteiger partial charge >= 0.3 is 0 Å². The van der Waals surface area contributed by atoms with Crippen molar-refractivity contribution < 1.29 is 19.0 Å². The molecule has 0 saturated carbocycles. The van der Waals surface area contributed by atoms with Gasteiger partial charge in [0.15, 0.2) is 11.5 Å². The zero-order chi connectivity index (χ0) is 26.9. The summed E-state index contributed by atoms with van der Waals surface area (Å²) in [5.41, 5.74) is 4.44. The second-order valence-electron chi connectivity index (χ2n) is 10.9. The van der Waals surface area contributed by atoms with Crippen LogP contribution < -0.4 is 14.2 Å². The van der Waals surface area contributed by atoms with Crippen molar-refractivity contribution in [2.75, 3.05) is 33.0 Å². The third kappa shape index (κ3) is 4.97. The Morgan fingerprint density at radius 1 is 0.875 bits per heavy atom. The molecule has 2 saturated heterocycles. The summed E-state index contributed by atoms with van der Waals surface area (Å²) in [6, 6.07) is 24.1. The predicted molar refractivity (Wildman–Crippen MR) is 154 cm³/mol. The minimum absolute atomic E-state index is 0.0569. The summed E-state index contributed by atoms with van der Waals surface area (Å²) in [4.78, 5) is 23.7. The van der Waals surface area contributed by atoms with Crippen LogP contribution in [0.3, 0.4) is 0 Å². The maximum absolute atomic E-state index is 14.3. The first-order chi connectivity index (χ1) is 19.7. The molecule has 7 heteroatoms. The number of benzene rings is 3. The van der Waals surface area contributed by atoms with Gasteiger partial charge < -0.3 is 24.0 Å². The van der Waals surface area contributed by atoms with Gasteiger partial charge in [0.2, 0.25) is 12.7 Å². The van der Waals surface area contributed by atoms with E-state index in [4.69, 9.17) is 19.2 Å². The van der Waals surface area contributed by atoms with Crippen LogP contribution in [-0.4, -0.2) is 59.7 Å². The van der Waals surface area contributed by atoms with Crippen LogP contribution in [0.4, 0.5) is 0 Å². The molecule has 1 aromatic heterocycles. The van der Waals surface area contributed by atoms with Gasteiger partial charge in [0.25, 0.3) is 5.91 Å². The van der Waals surface area contributed by atoms with E-state index >= 15 is 0 Å². The van der Waals surface area contributed by atoms with Gasteiger partial charge in [-0.3, -0.25) is 4.79 Å². The number of carbonyl (C=O) groups is 1. The number of likely N-dealkylation sites (tertiary alicyclic amines) is 2. The third-order valence-electron chi connectivity index (χ3n) is 8.26. The van der Waals surface area contributed by atoms with E-state index in [1.165, 1.54) is 12.8 Å². The predicted octanol–water partition coefficient (Wildman–Crippen LogP) is 5.91. The number of carbonyl (C=O) groups excluding carboxylic acids is 1. The van der Waals surface area contributed by atoms with E-state index in [1.807, 2.05) is 66.7 Å². The summed E-state index contributed by atoms with van der Waals surface area (Å²) in [5, 5.41) is 0.832. The number of pyridine rings is 1. The molecule has 3 aliphatic heterocycles. The van der Waals surface area contributed by atoms with Crippen molar-refractivity contribution in [3.63, 3.8) is 0 Å². The smallest absolute Gasteiger partial charge is 0.255 e. The number of nitrogens with zero attached hydrogens (tertiary/aromatic N) is 3. The Kier molecular flexibility index (Phi) is 6.73. The van der Waals surface area contributed by atoms with Crippen LogP contribution in [-0.2, 0) is 6.61 Å². The highest BCUT2D eigenvalue weighted by Crippen LogP contribution is 2.37. The molecule has 204 valence electrons. The minimum atomic E-state index is 0.0569. The van der Waals surface area contributed by atoms with Crippen LogP contribution in [0.15, 0.2) is 72.8 Å². The third-order valence-corrected chi connectivity index (χ3v) is 8.26. The van der Waals surface area contributed by atoms with E-state index in [-0.39, 0.29) is 18.7 Å². The van der Waals surface area contributed by atoms with Gasteiger partial charge in [-0.1, -0.05) is 42.5 Å². The lowest BCUT2D eigenvalue weighted by atomic mass is 9.99. The maximum atomic E-state index is 14.3. The first-order valence-corrected chi connectivity index (χ1v) is 14.3. The van der Waals surface area contributed by atoms with Crippen molar-refractivity contribution in [2.45, 2.75) is 38.3 Å². The number of rotatable bonds is 7. The maximum Gasteiger partial charge on any atom is 0.255 e. The van der Waals surface area contributed by atoms with Crippen molar-refractivity contribution in [2.24, 2.45) is 0 Å². The minimum Gasteiger partial charge on any atom is -0.473 e. The molecule has 0 unspecified atom stereocenters. The summed E-state index contributed by atoms with van der Waals surface area (Å²) in [6.07, 6.45) is 4.58. The second-order valence-corrected chi connectivity index (χ2v) is 10.9. The molecular weight excluding hydrogens is 502 g/mol. The summed E-state index contributed by atoms with van der Waals surface area (Å²) in [6.45, 7) is 4.63. The van der Waals surface area contributed by atoms with Crippen molar-refractivity contribution in [3.8, 4) is 28.5 Å². The number of hydrogen-bond donors (Lipinski definition) is 0. The quantitative estimate of drug-likeness (QED) is 0.293. The molecule has 4 aromatic rings. The van der Waals surface area contributed by atoms with Crippen molar-refractivity contribution in [1.82, 2.24) is 14.8 Å². The molecule has 40 heavy (non-hydrogen) atoms. The monoisotopic (exact) mass is 535 g/mol. The van der Waals surface area contributed by atoms with Crippen LogP contribution in [0.1, 0.15) is 41.6 Å². The highest BCUT2D eigenvalue weighted by atomic mass is 16.7. The van der Waals surface area contributed by atoms with Gasteiger partial charge in [0.1, 0.15) is 6.61 Å². The van der Waals surface area contributed by atoms with Crippen LogP contribution in [0.25, 0.3) is 22.0 Å². The lowest BCUT2D eigenvalue weighted by Crippen LogP contribution is -2.42. The highest BCUT2D eigenvalue weighted by Gasteiger charge is 2.32. The van der Waals surface area contributed by atoms with E-state index in [2.05, 4.69) is 15.9 Å². The Labute approximate surface area is 234 Å². The van der Waals surface area contributed by atoms with E-state index in [0.717, 1.165) is 78.1 Å². The summed E-state index contributed by atoms with van der Waals surface area (Å²) < 4.78 is 17.2. The summed E-state index contributed by atoms with van der Waals surface area (Å²) in [7, 11) is 0. The SMILES string of the molecule is O=C(c1cc(OCc2ccccc2)nc2ccc(-c3ccc4c(c3)OCO4)cc12)N1CCC[C@H]1CN1CCCC1. The molecular formula is C33H33N3O4. The number of aromatic nitrogens is 1. The molecule has 0 spiro atoms. The number of ether oxygens (including phenoxy) is 3. The van der Waals surface area contributed by atoms with E-state index < -0.39 is 0 Å². The lowest BCUT2D eigenvalue weighted by Gasteiger charge is -2.29. The van der Waals surface area contributed by atoms with Crippen molar-refractivity contribution >= 4 is 16.8 Å². The molecule has 2 fully saturated rings. The molecule has 3 aromatic carbocycles. The average molecular weight is 536 g/mol. The fourth-order valence-corrected chi connectivity index (χ4v) is 6.15. The van der Waals surface area contributed by atoms with Gasteiger partial charge in [0.05, 0.1) is 11.1 Å². The summed E-state index contributed by atoms with van der Waals surface area (Å²) in [5.74, 6) is 2.01. The highest BCUT2D eigenvalue weighted by molar-refractivity contribution is 6.07. The van der Waals surface area contributed by atoms with Crippen LogP contribution in [0.2, 0.25) is 0 Å². The largest absolute Gasteiger partial charge is 0.473 e. The van der Waals surface area contributed by atoms with Crippen molar-refractivity contribution in [1.29, 1.82) is 0 Å². The van der Waals surface area contributed by atoms with Crippen molar-refractivity contribution in [3.05, 3.63) is 83.9 Å². The second kappa shape index (κ2) is 10.8. The van der Waals surface area contributed by atoms with Crippen LogP contribution >= 0.6 is 0 Å². The van der Waals surface area contributed by atoms with Gasteiger partial charge in [-0.15, -0.1) is 0 Å². The van der Waals surface area contributed by atoms with E-state index in [0.29, 0.717) is 18.1 Å². The Morgan fingerprint density at radius 3 is 2.55 bits per heavy atom. The van der Waals surface area contributed by atoms with Crippen LogP contribution in [0.5, 0.6) is 17.4 Å². The van der Waals surface area contributed by atoms with Gasteiger partial charge in [-0.25, -0.2) is 4.98 Å². The molecule has 0 bridgehead atoms. The zero-order valence-corrected chi connectivity index (χ0v) is 22.6. The average Bonchev–Trinajstić information content (AvgIpc) is 3.78.